The normalized spacial score (nSPS) is 11.3. The topological polar surface area (TPSA) is 22.9 Å². The van der Waals surface area contributed by atoms with E-state index < -0.39 is 0 Å². The fourth-order valence-corrected chi connectivity index (χ4v) is 11.2. The maximum atomic E-state index is 6.25. The van der Waals surface area contributed by atoms with E-state index in [-0.39, 0.29) is 0 Å². The number of nitrogens with zero attached hydrogens (tertiary/aromatic N) is 3. The first-order valence-electron chi connectivity index (χ1n) is 26.6. The van der Waals surface area contributed by atoms with Gasteiger partial charge >= 0.3 is 0 Å². The molecule has 0 saturated carbocycles. The van der Waals surface area contributed by atoms with Crippen molar-refractivity contribution in [3.05, 3.63) is 309 Å². The second-order valence-electron chi connectivity index (χ2n) is 19.7. The summed E-state index contributed by atoms with van der Waals surface area (Å²) in [6.07, 6.45) is 0. The SMILES string of the molecule is c1ccc(-c2cccc(-c3ccc(N(c4ccc(-c5ccc6oc7ccccc7c6c5)cc4)c4cc(N(c5ccccc5)c5cccc6ccccc56)cc(N(c5ccccc5)c5cccc6ccccc56)c4)cc3)c2)cc1. The van der Waals surface area contributed by atoms with Crippen molar-refractivity contribution < 1.29 is 4.42 Å². The molecule has 0 spiro atoms. The molecular formula is C74H51N3O. The lowest BCUT2D eigenvalue weighted by molar-refractivity contribution is 0.669. The van der Waals surface area contributed by atoms with Gasteiger partial charge in [0.15, 0.2) is 0 Å². The molecule has 78 heavy (non-hydrogen) atoms. The van der Waals surface area contributed by atoms with Gasteiger partial charge in [-0.1, -0.05) is 206 Å². The van der Waals surface area contributed by atoms with Crippen LogP contribution in [0, 0.1) is 0 Å². The van der Waals surface area contributed by atoms with Gasteiger partial charge in [0.1, 0.15) is 11.2 Å². The van der Waals surface area contributed by atoms with E-state index in [4.69, 9.17) is 4.42 Å². The molecule has 0 aliphatic heterocycles. The number of furan rings is 1. The van der Waals surface area contributed by atoms with Gasteiger partial charge in [0, 0.05) is 44.3 Å². The van der Waals surface area contributed by atoms with Crippen molar-refractivity contribution in [3.8, 4) is 33.4 Å². The molecule has 0 aliphatic rings. The molecule has 1 aromatic heterocycles. The Morgan fingerprint density at radius 1 is 0.192 bits per heavy atom. The van der Waals surface area contributed by atoms with Gasteiger partial charge in [0.2, 0.25) is 0 Å². The summed E-state index contributed by atoms with van der Waals surface area (Å²) >= 11 is 0. The molecule has 14 aromatic rings. The zero-order valence-electron chi connectivity index (χ0n) is 42.7. The van der Waals surface area contributed by atoms with Crippen molar-refractivity contribution in [2.75, 3.05) is 14.7 Å². The van der Waals surface area contributed by atoms with Gasteiger partial charge in [0.25, 0.3) is 0 Å². The van der Waals surface area contributed by atoms with Crippen LogP contribution in [0.25, 0.3) is 76.9 Å². The smallest absolute Gasteiger partial charge is 0.135 e. The molecule has 13 aromatic carbocycles. The maximum Gasteiger partial charge on any atom is 0.135 e. The van der Waals surface area contributed by atoms with Gasteiger partial charge in [-0.05, 0) is 147 Å². The third-order valence-electron chi connectivity index (χ3n) is 15.0. The summed E-state index contributed by atoms with van der Waals surface area (Å²) in [5.74, 6) is 0. The highest BCUT2D eigenvalue weighted by atomic mass is 16.3. The van der Waals surface area contributed by atoms with Crippen molar-refractivity contribution in [2.45, 2.75) is 0 Å². The summed E-state index contributed by atoms with van der Waals surface area (Å²) in [5.41, 5.74) is 18.0. The summed E-state index contributed by atoms with van der Waals surface area (Å²) in [6.45, 7) is 0. The Morgan fingerprint density at radius 2 is 0.551 bits per heavy atom. The van der Waals surface area contributed by atoms with Gasteiger partial charge in [-0.2, -0.15) is 0 Å². The molecule has 0 unspecified atom stereocenters. The molecular weight excluding hydrogens is 947 g/mol. The minimum absolute atomic E-state index is 0.884. The summed E-state index contributed by atoms with van der Waals surface area (Å²) in [4.78, 5) is 7.25. The van der Waals surface area contributed by atoms with Gasteiger partial charge < -0.3 is 19.1 Å². The van der Waals surface area contributed by atoms with Gasteiger partial charge in [-0.15, -0.1) is 0 Å². The zero-order valence-corrected chi connectivity index (χ0v) is 42.7. The van der Waals surface area contributed by atoms with Crippen molar-refractivity contribution in [1.29, 1.82) is 0 Å². The number of hydrogen-bond acceptors (Lipinski definition) is 4. The van der Waals surface area contributed by atoms with Gasteiger partial charge in [-0.3, -0.25) is 0 Å². The van der Waals surface area contributed by atoms with Crippen molar-refractivity contribution in [3.63, 3.8) is 0 Å². The number of fused-ring (bicyclic) bond motifs is 5. The second kappa shape index (κ2) is 20.0. The Kier molecular flexibility index (Phi) is 11.8. The van der Waals surface area contributed by atoms with Crippen LogP contribution in [0.15, 0.2) is 314 Å². The monoisotopic (exact) mass is 997 g/mol. The Balaban J connectivity index is 0.998. The van der Waals surface area contributed by atoms with E-state index >= 15 is 0 Å². The number of hydrogen-bond donors (Lipinski definition) is 0. The first-order valence-corrected chi connectivity index (χ1v) is 26.6. The maximum absolute atomic E-state index is 6.25. The van der Waals surface area contributed by atoms with E-state index in [0.29, 0.717) is 0 Å². The summed E-state index contributed by atoms with van der Waals surface area (Å²) in [5, 5.41) is 6.88. The van der Waals surface area contributed by atoms with Crippen LogP contribution >= 0.6 is 0 Å². The van der Waals surface area contributed by atoms with Crippen LogP contribution in [0.5, 0.6) is 0 Å². The first-order chi connectivity index (χ1) is 38.7. The minimum Gasteiger partial charge on any atom is -0.456 e. The molecule has 0 amide bonds. The average molecular weight is 998 g/mol. The Labute approximate surface area is 454 Å². The Hall–Kier alpha value is -10.4. The number of rotatable bonds is 12. The van der Waals surface area contributed by atoms with Crippen molar-refractivity contribution in [2.24, 2.45) is 0 Å². The lowest BCUT2D eigenvalue weighted by atomic mass is 9.98. The average Bonchev–Trinajstić information content (AvgIpc) is 3.93. The molecule has 0 bridgehead atoms. The van der Waals surface area contributed by atoms with E-state index in [2.05, 4.69) is 312 Å². The Bertz CT molecular complexity index is 4290. The van der Waals surface area contributed by atoms with Crippen molar-refractivity contribution >= 4 is 94.7 Å². The number of para-hydroxylation sites is 3. The van der Waals surface area contributed by atoms with E-state index in [1.54, 1.807) is 0 Å². The summed E-state index contributed by atoms with van der Waals surface area (Å²) in [7, 11) is 0. The van der Waals surface area contributed by atoms with E-state index in [1.807, 2.05) is 12.1 Å². The fraction of sp³-hybridized carbons (Fsp3) is 0. The van der Waals surface area contributed by atoms with Gasteiger partial charge in [-0.25, -0.2) is 0 Å². The van der Waals surface area contributed by atoms with E-state index in [9.17, 15) is 0 Å². The molecule has 4 nitrogen and oxygen atoms in total. The molecule has 1 heterocycles. The number of benzene rings is 13. The summed E-state index contributed by atoms with van der Waals surface area (Å²) < 4.78 is 6.25. The predicted octanol–water partition coefficient (Wildman–Crippen LogP) is 21.3. The van der Waals surface area contributed by atoms with Crippen LogP contribution in [0.4, 0.5) is 51.2 Å². The lowest BCUT2D eigenvalue weighted by Crippen LogP contribution is -2.16. The third kappa shape index (κ3) is 8.67. The highest BCUT2D eigenvalue weighted by Gasteiger charge is 2.24. The molecule has 0 aliphatic carbocycles. The molecule has 4 heteroatoms. The Morgan fingerprint density at radius 3 is 1.09 bits per heavy atom. The molecule has 0 radical (unpaired) electrons. The zero-order chi connectivity index (χ0) is 51.8. The van der Waals surface area contributed by atoms with Crippen LogP contribution < -0.4 is 14.7 Å². The molecule has 0 fully saturated rings. The standard InChI is InChI=1S/C74H51N3O/c1-4-19-52(20-5-1)57-25-16-26-58(47-57)53-37-42-62(43-38-53)75(63-44-39-54(40-45-63)59-41-46-74-70(48-59)69-33-14-15-36-73(69)78-74)64-49-65(76(60-27-6-2-7-28-60)71-34-17-23-55-21-10-12-31-67(55)71)51-66(50-64)77(61-29-8-3-9-30-61)72-35-18-24-56-22-11-13-32-68(56)72/h1-51H. The second-order valence-corrected chi connectivity index (χ2v) is 19.7. The minimum atomic E-state index is 0.884. The third-order valence-corrected chi connectivity index (χ3v) is 15.0. The molecule has 368 valence electrons. The largest absolute Gasteiger partial charge is 0.456 e. The van der Waals surface area contributed by atoms with Crippen LogP contribution in [0.1, 0.15) is 0 Å². The quantitative estimate of drug-likeness (QED) is 0.122. The van der Waals surface area contributed by atoms with E-state index in [1.165, 1.54) is 21.9 Å². The van der Waals surface area contributed by atoms with Crippen LogP contribution in [0.2, 0.25) is 0 Å². The lowest BCUT2D eigenvalue weighted by Gasteiger charge is -2.33. The summed E-state index contributed by atoms with van der Waals surface area (Å²) in [6, 6.07) is 111. The van der Waals surface area contributed by atoms with Crippen LogP contribution in [-0.4, -0.2) is 0 Å². The molecule has 14 rings (SSSR count). The fourth-order valence-electron chi connectivity index (χ4n) is 11.2. The molecule has 0 saturated heterocycles. The highest BCUT2D eigenvalue weighted by molar-refractivity contribution is 6.07. The molecule has 0 N–H and O–H groups in total. The number of anilines is 9. The molecule has 0 atom stereocenters. The van der Waals surface area contributed by atoms with Gasteiger partial charge in [0.05, 0.1) is 28.4 Å². The highest BCUT2D eigenvalue weighted by Crippen LogP contribution is 2.48. The van der Waals surface area contributed by atoms with Crippen LogP contribution in [-0.2, 0) is 0 Å². The van der Waals surface area contributed by atoms with E-state index in [0.717, 1.165) is 106 Å². The predicted molar refractivity (Wildman–Crippen MR) is 329 cm³/mol. The van der Waals surface area contributed by atoms with Crippen LogP contribution in [0.3, 0.4) is 0 Å². The first kappa shape index (κ1) is 46.1. The van der Waals surface area contributed by atoms with Crippen molar-refractivity contribution in [1.82, 2.24) is 0 Å².